The van der Waals surface area contributed by atoms with Crippen LogP contribution in [0, 0.1) is 0 Å². The smallest absolute Gasteiger partial charge is 0.303 e. The van der Waals surface area contributed by atoms with E-state index in [0.29, 0.717) is 5.56 Å². The molecule has 0 saturated heterocycles. The van der Waals surface area contributed by atoms with Crippen LogP contribution in [-0.2, 0) is 15.7 Å². The summed E-state index contributed by atoms with van der Waals surface area (Å²) in [6.45, 7) is -0.127. The molecule has 66 valence electrons. The fourth-order valence-corrected chi connectivity index (χ4v) is 0.959. The predicted molar refractivity (Wildman–Crippen MR) is 41.1 cm³/mol. The second-order valence-electron chi connectivity index (χ2n) is 2.13. The van der Waals surface area contributed by atoms with Crippen LogP contribution >= 0.6 is 7.82 Å². The zero-order valence-electron chi connectivity index (χ0n) is 6.12. The summed E-state index contributed by atoms with van der Waals surface area (Å²) in [5.41, 5.74) is 0.626. The quantitative estimate of drug-likeness (QED) is 0.684. The summed E-state index contributed by atoms with van der Waals surface area (Å²) in [4.78, 5) is 20.4. The number of aromatic nitrogens is 1. The highest BCUT2D eigenvalue weighted by atomic mass is 31.2. The van der Waals surface area contributed by atoms with Gasteiger partial charge in [-0.2, -0.15) is 0 Å². The normalized spacial score (nSPS) is 11.5. The van der Waals surface area contributed by atoms with E-state index in [2.05, 4.69) is 9.51 Å². The van der Waals surface area contributed by atoms with Gasteiger partial charge in [0.05, 0.1) is 6.61 Å². The molecule has 12 heavy (non-hydrogen) atoms. The minimum absolute atomic E-state index is 0.127. The monoisotopic (exact) mass is 189 g/mol. The third kappa shape index (κ3) is 3.59. The Labute approximate surface area is 69.3 Å². The summed E-state index contributed by atoms with van der Waals surface area (Å²) in [5.74, 6) is 0. The van der Waals surface area contributed by atoms with E-state index in [9.17, 15) is 4.57 Å². The Morgan fingerprint density at radius 3 is 2.83 bits per heavy atom. The van der Waals surface area contributed by atoms with E-state index in [-0.39, 0.29) is 6.61 Å². The highest BCUT2D eigenvalue weighted by molar-refractivity contribution is 7.46. The van der Waals surface area contributed by atoms with Crippen LogP contribution in [0.4, 0.5) is 0 Å². The first kappa shape index (κ1) is 9.35. The molecule has 1 heterocycles. The Balaban J connectivity index is 2.50. The summed E-state index contributed by atoms with van der Waals surface area (Å²) in [6.07, 6.45) is 3.05. The van der Waals surface area contributed by atoms with E-state index in [0.717, 1.165) is 0 Å². The van der Waals surface area contributed by atoms with E-state index >= 15 is 0 Å². The Morgan fingerprint density at radius 1 is 1.58 bits per heavy atom. The molecule has 0 aliphatic rings. The number of nitrogens with zero attached hydrogens (tertiary/aromatic N) is 1. The van der Waals surface area contributed by atoms with Crippen LogP contribution in [0.1, 0.15) is 5.56 Å². The van der Waals surface area contributed by atoms with Gasteiger partial charge in [0.1, 0.15) is 0 Å². The van der Waals surface area contributed by atoms with Crippen molar-refractivity contribution in [2.45, 2.75) is 6.61 Å². The van der Waals surface area contributed by atoms with Crippen LogP contribution in [0.3, 0.4) is 0 Å². The van der Waals surface area contributed by atoms with Gasteiger partial charge < -0.3 is 9.79 Å². The van der Waals surface area contributed by atoms with Crippen molar-refractivity contribution in [1.29, 1.82) is 0 Å². The van der Waals surface area contributed by atoms with Gasteiger partial charge in [-0.3, -0.25) is 9.51 Å². The summed E-state index contributed by atoms with van der Waals surface area (Å²) in [7, 11) is -4.36. The van der Waals surface area contributed by atoms with E-state index in [4.69, 9.17) is 9.79 Å². The molecule has 2 N–H and O–H groups in total. The first-order valence-corrected chi connectivity index (χ1v) is 4.70. The number of hydrogen-bond acceptors (Lipinski definition) is 3. The lowest BCUT2D eigenvalue weighted by atomic mass is 10.3. The van der Waals surface area contributed by atoms with Crippen molar-refractivity contribution in [1.82, 2.24) is 4.98 Å². The Morgan fingerprint density at radius 2 is 2.33 bits per heavy atom. The molecule has 0 bridgehead atoms. The molecular weight excluding hydrogens is 181 g/mol. The fraction of sp³-hybridized carbons (Fsp3) is 0.167. The van der Waals surface area contributed by atoms with Crippen molar-refractivity contribution in [3.63, 3.8) is 0 Å². The highest BCUT2D eigenvalue weighted by Gasteiger charge is 2.13. The van der Waals surface area contributed by atoms with Crippen molar-refractivity contribution >= 4 is 7.82 Å². The average Bonchev–Trinajstić information content (AvgIpc) is 2.02. The molecule has 0 spiro atoms. The highest BCUT2D eigenvalue weighted by Crippen LogP contribution is 2.36. The predicted octanol–water partition coefficient (Wildman–Crippen LogP) is 0.691. The van der Waals surface area contributed by atoms with Crippen molar-refractivity contribution < 1.29 is 18.9 Å². The standard InChI is InChI=1S/C6H8NO4P/c8-12(9,10)11-5-6-2-1-3-7-4-6/h1-4H,5H2,(H2,8,9,10). The largest absolute Gasteiger partial charge is 0.469 e. The molecule has 0 unspecified atom stereocenters. The summed E-state index contributed by atoms with van der Waals surface area (Å²) in [6, 6.07) is 3.33. The van der Waals surface area contributed by atoms with Crippen LogP contribution in [0.15, 0.2) is 24.5 Å². The lowest BCUT2D eigenvalue weighted by molar-refractivity contribution is 0.189. The molecule has 0 radical (unpaired) electrons. The second-order valence-corrected chi connectivity index (χ2v) is 3.36. The van der Waals surface area contributed by atoms with E-state index in [1.165, 1.54) is 6.20 Å². The third-order valence-corrected chi connectivity index (χ3v) is 1.59. The first-order valence-electron chi connectivity index (χ1n) is 3.17. The van der Waals surface area contributed by atoms with Crippen LogP contribution in [0.25, 0.3) is 0 Å². The lowest BCUT2D eigenvalue weighted by Gasteiger charge is -2.03. The van der Waals surface area contributed by atoms with Gasteiger partial charge in [-0.25, -0.2) is 4.57 Å². The van der Waals surface area contributed by atoms with E-state index < -0.39 is 7.82 Å². The topological polar surface area (TPSA) is 79.7 Å². The van der Waals surface area contributed by atoms with Gasteiger partial charge >= 0.3 is 7.82 Å². The van der Waals surface area contributed by atoms with Gasteiger partial charge in [-0.15, -0.1) is 0 Å². The van der Waals surface area contributed by atoms with Crippen molar-refractivity contribution in [2.24, 2.45) is 0 Å². The van der Waals surface area contributed by atoms with Gasteiger partial charge in [0.25, 0.3) is 0 Å². The molecule has 1 rings (SSSR count). The van der Waals surface area contributed by atoms with Crippen molar-refractivity contribution in [3.05, 3.63) is 30.1 Å². The molecular formula is C6H8NO4P. The maximum absolute atomic E-state index is 10.3. The van der Waals surface area contributed by atoms with Crippen LogP contribution < -0.4 is 0 Å². The summed E-state index contributed by atoms with van der Waals surface area (Å²) < 4.78 is 14.5. The molecule has 0 aliphatic carbocycles. The van der Waals surface area contributed by atoms with Crippen LogP contribution in [0.2, 0.25) is 0 Å². The molecule has 0 aromatic carbocycles. The molecule has 5 nitrogen and oxygen atoms in total. The Hall–Kier alpha value is -0.740. The van der Waals surface area contributed by atoms with E-state index in [1.54, 1.807) is 18.3 Å². The lowest BCUT2D eigenvalue weighted by Crippen LogP contribution is -1.90. The molecule has 1 aromatic heterocycles. The van der Waals surface area contributed by atoms with Gasteiger partial charge in [0, 0.05) is 12.4 Å². The SMILES string of the molecule is O=P(O)(O)OCc1cccnc1. The Kier molecular flexibility index (Phi) is 2.94. The fourth-order valence-electron chi connectivity index (χ4n) is 0.642. The number of hydrogen-bond donors (Lipinski definition) is 2. The van der Waals surface area contributed by atoms with Gasteiger partial charge in [0.2, 0.25) is 0 Å². The molecule has 0 amide bonds. The number of phosphoric ester groups is 1. The molecule has 0 atom stereocenters. The number of phosphoric acid groups is 1. The zero-order chi connectivity index (χ0) is 9.03. The molecule has 0 fully saturated rings. The Bertz CT molecular complexity index is 283. The molecule has 1 aromatic rings. The number of pyridine rings is 1. The number of rotatable bonds is 3. The maximum Gasteiger partial charge on any atom is 0.469 e. The summed E-state index contributed by atoms with van der Waals surface area (Å²) in [5, 5.41) is 0. The zero-order valence-corrected chi connectivity index (χ0v) is 7.02. The summed E-state index contributed by atoms with van der Waals surface area (Å²) >= 11 is 0. The van der Waals surface area contributed by atoms with Crippen molar-refractivity contribution in [2.75, 3.05) is 0 Å². The van der Waals surface area contributed by atoms with Gasteiger partial charge in [0.15, 0.2) is 0 Å². The van der Waals surface area contributed by atoms with Crippen LogP contribution in [-0.4, -0.2) is 14.8 Å². The average molecular weight is 189 g/mol. The third-order valence-electron chi connectivity index (χ3n) is 1.12. The molecule has 0 aliphatic heterocycles. The van der Waals surface area contributed by atoms with Crippen molar-refractivity contribution in [3.8, 4) is 0 Å². The maximum atomic E-state index is 10.3. The minimum Gasteiger partial charge on any atom is -0.303 e. The van der Waals surface area contributed by atoms with Crippen LogP contribution in [0.5, 0.6) is 0 Å². The van der Waals surface area contributed by atoms with Gasteiger partial charge in [-0.05, 0) is 11.6 Å². The second kappa shape index (κ2) is 3.78. The first-order chi connectivity index (χ1) is 5.58. The molecule has 0 saturated carbocycles. The minimum atomic E-state index is -4.36. The van der Waals surface area contributed by atoms with E-state index in [1.807, 2.05) is 0 Å². The molecule has 6 heteroatoms. The van der Waals surface area contributed by atoms with Gasteiger partial charge in [-0.1, -0.05) is 6.07 Å².